The van der Waals surface area contributed by atoms with Gasteiger partial charge in [-0.25, -0.2) is 4.98 Å². The third-order valence-corrected chi connectivity index (χ3v) is 4.51. The Hall–Kier alpha value is -2.40. The summed E-state index contributed by atoms with van der Waals surface area (Å²) < 4.78 is 5.57. The normalized spacial score (nSPS) is 15.4. The van der Waals surface area contributed by atoms with Gasteiger partial charge < -0.3 is 15.0 Å². The lowest BCUT2D eigenvalue weighted by molar-refractivity contribution is -0.117. The van der Waals surface area contributed by atoms with Gasteiger partial charge in [-0.3, -0.25) is 4.79 Å². The summed E-state index contributed by atoms with van der Waals surface area (Å²) in [6.45, 7) is 6.22. The van der Waals surface area contributed by atoms with Crippen molar-refractivity contribution in [1.29, 1.82) is 0 Å². The van der Waals surface area contributed by atoms with Crippen LogP contribution in [0.4, 0.5) is 5.69 Å². The lowest BCUT2D eigenvalue weighted by Gasteiger charge is -2.19. The Morgan fingerprint density at radius 3 is 2.76 bits per heavy atom. The molecule has 25 heavy (non-hydrogen) atoms. The van der Waals surface area contributed by atoms with Gasteiger partial charge in [-0.15, -0.1) is 0 Å². The van der Waals surface area contributed by atoms with Gasteiger partial charge in [0, 0.05) is 43.0 Å². The topological polar surface area (TPSA) is 54.5 Å². The molecule has 1 saturated heterocycles. The second kappa shape index (κ2) is 8.12. The van der Waals surface area contributed by atoms with Gasteiger partial charge in [-0.05, 0) is 44.0 Å². The summed E-state index contributed by atoms with van der Waals surface area (Å²) >= 11 is 0. The zero-order chi connectivity index (χ0) is 17.6. The van der Waals surface area contributed by atoms with Gasteiger partial charge in [0.2, 0.25) is 11.8 Å². The first kappa shape index (κ1) is 17.4. The van der Waals surface area contributed by atoms with Crippen LogP contribution < -0.4 is 15.0 Å². The molecule has 5 heteroatoms. The van der Waals surface area contributed by atoms with Crippen molar-refractivity contribution in [2.75, 3.05) is 18.1 Å². The Morgan fingerprint density at radius 2 is 2.08 bits per heavy atom. The molecule has 1 aromatic carbocycles. The standard InChI is InChI=1S/C20H25N3O2/c1-3-25-20-17(6-4-12-21-20)14-22-15(2)16-8-10-18(11-9-16)23-13-5-7-19(23)24/h4,6,8-12,15,22H,3,5,7,13-14H2,1-2H3/t15-/m0/s1. The minimum absolute atomic E-state index is 0.193. The van der Waals surface area contributed by atoms with E-state index in [4.69, 9.17) is 4.74 Å². The van der Waals surface area contributed by atoms with Crippen molar-refractivity contribution in [3.05, 3.63) is 53.7 Å². The van der Waals surface area contributed by atoms with Crippen LogP contribution in [0, 0.1) is 0 Å². The molecule has 1 N–H and O–H groups in total. The number of ether oxygens (including phenoxy) is 1. The second-order valence-corrected chi connectivity index (χ2v) is 6.24. The van der Waals surface area contributed by atoms with E-state index in [0.717, 1.165) is 24.2 Å². The number of hydrogen-bond acceptors (Lipinski definition) is 4. The zero-order valence-electron chi connectivity index (χ0n) is 14.9. The SMILES string of the molecule is CCOc1ncccc1CN[C@@H](C)c1ccc(N2CCCC2=O)cc1. The summed E-state index contributed by atoms with van der Waals surface area (Å²) in [7, 11) is 0. The summed E-state index contributed by atoms with van der Waals surface area (Å²) in [6, 6.07) is 12.4. The Kier molecular flexibility index (Phi) is 5.66. The molecular formula is C20H25N3O2. The smallest absolute Gasteiger partial charge is 0.227 e. The average molecular weight is 339 g/mol. The van der Waals surface area contributed by atoms with E-state index in [1.165, 1.54) is 5.56 Å². The van der Waals surface area contributed by atoms with Crippen molar-refractivity contribution in [1.82, 2.24) is 10.3 Å². The Labute approximate surface area is 149 Å². The number of aromatic nitrogens is 1. The van der Waals surface area contributed by atoms with E-state index in [9.17, 15) is 4.79 Å². The van der Waals surface area contributed by atoms with E-state index in [1.807, 2.05) is 36.1 Å². The first-order chi connectivity index (χ1) is 12.2. The monoisotopic (exact) mass is 339 g/mol. The third kappa shape index (κ3) is 4.17. The molecule has 5 nitrogen and oxygen atoms in total. The zero-order valence-corrected chi connectivity index (χ0v) is 14.9. The summed E-state index contributed by atoms with van der Waals surface area (Å²) in [5.74, 6) is 0.909. The van der Waals surface area contributed by atoms with Crippen LogP contribution >= 0.6 is 0 Å². The van der Waals surface area contributed by atoms with E-state index in [-0.39, 0.29) is 11.9 Å². The van der Waals surface area contributed by atoms with Crippen molar-refractivity contribution in [3.63, 3.8) is 0 Å². The van der Waals surface area contributed by atoms with Gasteiger partial charge in [-0.1, -0.05) is 18.2 Å². The second-order valence-electron chi connectivity index (χ2n) is 6.24. The number of anilines is 1. The minimum Gasteiger partial charge on any atom is -0.478 e. The molecular weight excluding hydrogens is 314 g/mol. The highest BCUT2D eigenvalue weighted by molar-refractivity contribution is 5.95. The number of hydrogen-bond donors (Lipinski definition) is 1. The van der Waals surface area contributed by atoms with E-state index in [1.54, 1.807) is 6.20 Å². The van der Waals surface area contributed by atoms with Crippen molar-refractivity contribution >= 4 is 11.6 Å². The van der Waals surface area contributed by atoms with Crippen molar-refractivity contribution in [3.8, 4) is 5.88 Å². The van der Waals surface area contributed by atoms with Crippen LogP contribution in [0.25, 0.3) is 0 Å². The fourth-order valence-corrected chi connectivity index (χ4v) is 3.07. The molecule has 0 saturated carbocycles. The third-order valence-electron chi connectivity index (χ3n) is 4.51. The van der Waals surface area contributed by atoms with Gasteiger partial charge in [0.15, 0.2) is 0 Å². The van der Waals surface area contributed by atoms with E-state index in [2.05, 4.69) is 29.4 Å². The van der Waals surface area contributed by atoms with Crippen LogP contribution in [0.2, 0.25) is 0 Å². The Morgan fingerprint density at radius 1 is 1.28 bits per heavy atom. The van der Waals surface area contributed by atoms with Crippen molar-refractivity contribution in [2.24, 2.45) is 0 Å². The van der Waals surface area contributed by atoms with Crippen LogP contribution in [0.3, 0.4) is 0 Å². The average Bonchev–Trinajstić information content (AvgIpc) is 3.07. The Bertz CT molecular complexity index is 715. The van der Waals surface area contributed by atoms with Crippen LogP contribution in [-0.2, 0) is 11.3 Å². The predicted molar refractivity (Wildman–Crippen MR) is 98.7 cm³/mol. The van der Waals surface area contributed by atoms with E-state index >= 15 is 0 Å². The molecule has 0 spiro atoms. The maximum atomic E-state index is 11.8. The molecule has 0 aliphatic carbocycles. The summed E-state index contributed by atoms with van der Waals surface area (Å²) in [5, 5.41) is 3.51. The molecule has 1 aliphatic rings. The largest absolute Gasteiger partial charge is 0.478 e. The molecule has 0 unspecified atom stereocenters. The molecule has 132 valence electrons. The number of pyridine rings is 1. The van der Waals surface area contributed by atoms with Crippen molar-refractivity contribution < 1.29 is 9.53 Å². The van der Waals surface area contributed by atoms with Crippen molar-refractivity contribution in [2.45, 2.75) is 39.3 Å². The summed E-state index contributed by atoms with van der Waals surface area (Å²) in [6.07, 6.45) is 3.36. The molecule has 2 heterocycles. The highest BCUT2D eigenvalue weighted by Crippen LogP contribution is 2.24. The molecule has 1 fully saturated rings. The quantitative estimate of drug-likeness (QED) is 0.839. The van der Waals surface area contributed by atoms with Crippen LogP contribution in [0.15, 0.2) is 42.6 Å². The van der Waals surface area contributed by atoms with Gasteiger partial charge in [0.25, 0.3) is 0 Å². The van der Waals surface area contributed by atoms with Crippen LogP contribution in [-0.4, -0.2) is 24.0 Å². The highest BCUT2D eigenvalue weighted by atomic mass is 16.5. The van der Waals surface area contributed by atoms with Gasteiger partial charge in [-0.2, -0.15) is 0 Å². The fraction of sp³-hybridized carbons (Fsp3) is 0.400. The number of benzene rings is 1. The van der Waals surface area contributed by atoms with E-state index < -0.39 is 0 Å². The number of nitrogens with zero attached hydrogens (tertiary/aromatic N) is 2. The number of nitrogens with one attached hydrogen (secondary N) is 1. The number of amides is 1. The maximum Gasteiger partial charge on any atom is 0.227 e. The fourth-order valence-electron chi connectivity index (χ4n) is 3.07. The first-order valence-electron chi connectivity index (χ1n) is 8.89. The molecule has 1 atom stereocenters. The van der Waals surface area contributed by atoms with E-state index in [0.29, 0.717) is 25.5 Å². The molecule has 2 aromatic rings. The summed E-state index contributed by atoms with van der Waals surface area (Å²) in [4.78, 5) is 18.0. The molecule has 0 bridgehead atoms. The van der Waals surface area contributed by atoms with Gasteiger partial charge >= 0.3 is 0 Å². The summed E-state index contributed by atoms with van der Waals surface area (Å²) in [5.41, 5.74) is 3.23. The lowest BCUT2D eigenvalue weighted by Crippen LogP contribution is -2.23. The molecule has 1 amide bonds. The van der Waals surface area contributed by atoms with Crippen LogP contribution in [0.1, 0.15) is 43.9 Å². The Balaban J connectivity index is 1.62. The molecule has 1 aromatic heterocycles. The molecule has 0 radical (unpaired) electrons. The molecule has 3 rings (SSSR count). The first-order valence-corrected chi connectivity index (χ1v) is 8.89. The highest BCUT2D eigenvalue weighted by Gasteiger charge is 2.21. The maximum absolute atomic E-state index is 11.8. The number of carbonyl (C=O) groups excluding carboxylic acids is 1. The number of carbonyl (C=O) groups is 1. The lowest BCUT2D eigenvalue weighted by atomic mass is 10.1. The number of rotatable bonds is 7. The van der Waals surface area contributed by atoms with Crippen LogP contribution in [0.5, 0.6) is 5.88 Å². The van der Waals surface area contributed by atoms with Gasteiger partial charge in [0.05, 0.1) is 6.61 Å². The van der Waals surface area contributed by atoms with Gasteiger partial charge in [0.1, 0.15) is 0 Å². The predicted octanol–water partition coefficient (Wildman–Crippen LogP) is 3.46. The molecule has 1 aliphatic heterocycles. The minimum atomic E-state index is 0.193.